The van der Waals surface area contributed by atoms with Gasteiger partial charge >= 0.3 is 0 Å². The van der Waals surface area contributed by atoms with Crippen LogP contribution in [0.3, 0.4) is 0 Å². The van der Waals surface area contributed by atoms with Crippen molar-refractivity contribution in [3.8, 4) is 6.07 Å². The van der Waals surface area contributed by atoms with E-state index in [4.69, 9.17) is 16.9 Å². The molecule has 2 atom stereocenters. The number of hydrogen-bond acceptors (Lipinski definition) is 5. The van der Waals surface area contributed by atoms with Gasteiger partial charge in [-0.25, -0.2) is 4.98 Å². The molecule has 0 spiro atoms. The number of rotatable bonds is 3. The van der Waals surface area contributed by atoms with E-state index in [1.807, 2.05) is 0 Å². The van der Waals surface area contributed by atoms with E-state index in [0.717, 1.165) is 25.1 Å². The fourth-order valence-electron chi connectivity index (χ4n) is 2.28. The first-order valence-corrected chi connectivity index (χ1v) is 6.41. The van der Waals surface area contributed by atoms with Gasteiger partial charge in [-0.1, -0.05) is 11.6 Å². The number of nitrogens with zero attached hydrogens (tertiary/aromatic N) is 3. The summed E-state index contributed by atoms with van der Waals surface area (Å²) in [7, 11) is 0. The molecule has 104 valence electrons. The molecule has 1 heterocycles. The fraction of sp³-hybridized carbons (Fsp3) is 0.417. The van der Waals surface area contributed by atoms with E-state index >= 15 is 0 Å². The Morgan fingerprint density at radius 3 is 3.00 bits per heavy atom. The maximum absolute atomic E-state index is 12.1. The first kappa shape index (κ1) is 14.2. The second-order valence-electron chi connectivity index (χ2n) is 4.53. The summed E-state index contributed by atoms with van der Waals surface area (Å²) in [4.78, 5) is 25.9. The SMILES string of the molecule is N#CC1CCCC1NC(=O)c1cc(Cl)ncc1[N+](=O)[O-]. The summed E-state index contributed by atoms with van der Waals surface area (Å²) in [6.07, 6.45) is 3.22. The Bertz CT molecular complexity index is 599. The van der Waals surface area contributed by atoms with Crippen LogP contribution in [0.5, 0.6) is 0 Å². The van der Waals surface area contributed by atoms with Crippen molar-refractivity contribution in [3.63, 3.8) is 0 Å². The van der Waals surface area contributed by atoms with Gasteiger partial charge in [0.25, 0.3) is 11.6 Å². The van der Waals surface area contributed by atoms with Crippen LogP contribution in [0.2, 0.25) is 5.15 Å². The maximum Gasteiger partial charge on any atom is 0.300 e. The standard InChI is InChI=1S/C12H11ClN4O3/c13-11-4-8(10(6-15-11)17(19)20)12(18)16-9-3-1-2-7(9)5-14/h4,6-7,9H,1-3H2,(H,16,18). The molecule has 2 unspecified atom stereocenters. The number of halogens is 1. The molecule has 1 fully saturated rings. The van der Waals surface area contributed by atoms with Crippen molar-refractivity contribution in [1.82, 2.24) is 10.3 Å². The van der Waals surface area contributed by atoms with E-state index in [2.05, 4.69) is 16.4 Å². The first-order chi connectivity index (χ1) is 9.52. The third-order valence-corrected chi connectivity index (χ3v) is 3.50. The molecular weight excluding hydrogens is 284 g/mol. The van der Waals surface area contributed by atoms with Crippen molar-refractivity contribution in [1.29, 1.82) is 5.26 Å². The van der Waals surface area contributed by atoms with Gasteiger partial charge in [-0.05, 0) is 25.3 Å². The zero-order valence-electron chi connectivity index (χ0n) is 10.4. The van der Waals surface area contributed by atoms with Crippen LogP contribution in [0.4, 0.5) is 5.69 Å². The average molecular weight is 295 g/mol. The Morgan fingerprint density at radius 1 is 1.60 bits per heavy atom. The number of hydrogen-bond donors (Lipinski definition) is 1. The highest BCUT2D eigenvalue weighted by Gasteiger charge is 2.30. The number of nitrogens with one attached hydrogen (secondary N) is 1. The summed E-state index contributed by atoms with van der Waals surface area (Å²) >= 11 is 5.67. The van der Waals surface area contributed by atoms with Gasteiger partial charge < -0.3 is 5.32 Å². The van der Waals surface area contributed by atoms with Crippen molar-refractivity contribution in [2.24, 2.45) is 5.92 Å². The molecule has 0 aromatic carbocycles. The lowest BCUT2D eigenvalue weighted by Gasteiger charge is -2.15. The quantitative estimate of drug-likeness (QED) is 0.521. The molecule has 20 heavy (non-hydrogen) atoms. The number of carbonyl (C=O) groups excluding carboxylic acids is 1. The van der Waals surface area contributed by atoms with Crippen molar-refractivity contribution >= 4 is 23.2 Å². The summed E-state index contributed by atoms with van der Waals surface area (Å²) in [6, 6.07) is 3.01. The first-order valence-electron chi connectivity index (χ1n) is 6.03. The van der Waals surface area contributed by atoms with Crippen LogP contribution < -0.4 is 5.32 Å². The van der Waals surface area contributed by atoms with Crippen molar-refractivity contribution < 1.29 is 9.72 Å². The normalized spacial score (nSPS) is 21.2. The van der Waals surface area contributed by atoms with Crippen LogP contribution in [0.25, 0.3) is 0 Å². The van der Waals surface area contributed by atoms with E-state index < -0.39 is 16.5 Å². The highest BCUT2D eigenvalue weighted by Crippen LogP contribution is 2.26. The van der Waals surface area contributed by atoms with E-state index in [1.165, 1.54) is 0 Å². The molecule has 1 aliphatic carbocycles. The molecule has 0 bridgehead atoms. The maximum atomic E-state index is 12.1. The summed E-state index contributed by atoms with van der Waals surface area (Å²) in [5.41, 5.74) is -0.544. The minimum Gasteiger partial charge on any atom is -0.348 e. The average Bonchev–Trinajstić information content (AvgIpc) is 2.85. The fourth-order valence-corrected chi connectivity index (χ4v) is 2.44. The third kappa shape index (κ3) is 2.86. The molecule has 0 aliphatic heterocycles. The minimum atomic E-state index is -0.686. The van der Waals surface area contributed by atoms with Crippen LogP contribution in [-0.2, 0) is 0 Å². The van der Waals surface area contributed by atoms with Gasteiger partial charge in [0.1, 0.15) is 16.9 Å². The molecular formula is C12H11ClN4O3. The monoisotopic (exact) mass is 294 g/mol. The lowest BCUT2D eigenvalue weighted by Crippen LogP contribution is -2.37. The number of carbonyl (C=O) groups is 1. The summed E-state index contributed by atoms with van der Waals surface area (Å²) < 4.78 is 0. The Hall–Kier alpha value is -2.20. The third-order valence-electron chi connectivity index (χ3n) is 3.29. The van der Waals surface area contributed by atoms with Gasteiger partial charge in [0.05, 0.1) is 16.9 Å². The molecule has 1 aliphatic rings. The zero-order valence-corrected chi connectivity index (χ0v) is 11.1. The van der Waals surface area contributed by atoms with Crippen LogP contribution >= 0.6 is 11.6 Å². The van der Waals surface area contributed by atoms with Gasteiger partial charge in [0, 0.05) is 6.04 Å². The topological polar surface area (TPSA) is 109 Å². The van der Waals surface area contributed by atoms with Crippen molar-refractivity contribution in [2.45, 2.75) is 25.3 Å². The zero-order chi connectivity index (χ0) is 14.7. The molecule has 1 saturated carbocycles. The number of aromatic nitrogens is 1. The molecule has 0 saturated heterocycles. The predicted molar refractivity (Wildman–Crippen MR) is 70.1 cm³/mol. The molecule has 2 rings (SSSR count). The molecule has 8 heteroatoms. The second kappa shape index (κ2) is 5.84. The highest BCUT2D eigenvalue weighted by atomic mass is 35.5. The Kier molecular flexibility index (Phi) is 4.15. The Labute approximate surface area is 119 Å². The van der Waals surface area contributed by atoms with E-state index in [1.54, 1.807) is 0 Å². The Balaban J connectivity index is 2.23. The molecule has 1 aromatic heterocycles. The molecule has 7 nitrogen and oxygen atoms in total. The Morgan fingerprint density at radius 2 is 2.35 bits per heavy atom. The summed E-state index contributed by atoms with van der Waals surface area (Å²) in [5.74, 6) is -0.858. The number of nitriles is 1. The van der Waals surface area contributed by atoms with Gasteiger partial charge in [-0.3, -0.25) is 14.9 Å². The van der Waals surface area contributed by atoms with Crippen LogP contribution in [0.1, 0.15) is 29.6 Å². The minimum absolute atomic E-state index is 0.00371. The number of pyridine rings is 1. The van der Waals surface area contributed by atoms with Crippen LogP contribution in [0.15, 0.2) is 12.3 Å². The number of nitro groups is 1. The van der Waals surface area contributed by atoms with E-state index in [-0.39, 0.29) is 22.7 Å². The lowest BCUT2D eigenvalue weighted by molar-refractivity contribution is -0.385. The summed E-state index contributed by atoms with van der Waals surface area (Å²) in [5, 5.41) is 22.5. The largest absolute Gasteiger partial charge is 0.348 e. The van der Waals surface area contributed by atoms with E-state index in [9.17, 15) is 14.9 Å². The lowest BCUT2D eigenvalue weighted by atomic mass is 10.1. The van der Waals surface area contributed by atoms with Gasteiger partial charge in [0.2, 0.25) is 0 Å². The van der Waals surface area contributed by atoms with E-state index in [0.29, 0.717) is 6.42 Å². The van der Waals surface area contributed by atoms with Gasteiger partial charge in [-0.2, -0.15) is 5.26 Å². The van der Waals surface area contributed by atoms with Crippen molar-refractivity contribution in [2.75, 3.05) is 0 Å². The van der Waals surface area contributed by atoms with Gasteiger partial charge in [0.15, 0.2) is 0 Å². The smallest absolute Gasteiger partial charge is 0.300 e. The molecule has 1 aromatic rings. The highest BCUT2D eigenvalue weighted by molar-refractivity contribution is 6.29. The van der Waals surface area contributed by atoms with Crippen LogP contribution in [-0.4, -0.2) is 21.9 Å². The predicted octanol–water partition coefficient (Wildman–Crippen LogP) is 2.07. The van der Waals surface area contributed by atoms with Crippen LogP contribution in [0, 0.1) is 27.4 Å². The molecule has 0 radical (unpaired) electrons. The van der Waals surface area contributed by atoms with Crippen molar-refractivity contribution in [3.05, 3.63) is 33.1 Å². The number of amides is 1. The van der Waals surface area contributed by atoms with Gasteiger partial charge in [-0.15, -0.1) is 0 Å². The summed E-state index contributed by atoms with van der Waals surface area (Å²) in [6.45, 7) is 0. The molecule has 1 N–H and O–H groups in total. The molecule has 1 amide bonds. The second-order valence-corrected chi connectivity index (χ2v) is 4.91.